The Kier molecular flexibility index (Phi) is 3.76. The number of hydrogen-bond acceptors (Lipinski definition) is 3. The molecule has 78 valence electrons. The van der Waals surface area contributed by atoms with E-state index in [9.17, 15) is 9.59 Å². The highest BCUT2D eigenvalue weighted by atomic mass is 16.4. The Labute approximate surface area is 86.5 Å². The van der Waals surface area contributed by atoms with E-state index in [1.807, 2.05) is 0 Å². The highest BCUT2D eigenvalue weighted by Crippen LogP contribution is 2.05. The minimum atomic E-state index is -1.16. The molecule has 0 aliphatic carbocycles. The molecule has 0 radical (unpaired) electrons. The standard InChI is InChI=1S/C11H10O4/c12-7-8-1-3-9(4-2-8)10(13)5-6-11(14)15/h1-6,12H,7H2,(H,14,15)/b6-5+. The van der Waals surface area contributed by atoms with Crippen LogP contribution in [-0.4, -0.2) is 22.0 Å². The molecule has 0 fully saturated rings. The Morgan fingerprint density at radius 2 is 1.73 bits per heavy atom. The van der Waals surface area contributed by atoms with Crippen LogP contribution >= 0.6 is 0 Å². The quantitative estimate of drug-likeness (QED) is 0.569. The Morgan fingerprint density at radius 3 is 2.20 bits per heavy atom. The average molecular weight is 206 g/mol. The van der Waals surface area contributed by atoms with Gasteiger partial charge in [0.05, 0.1) is 6.61 Å². The van der Waals surface area contributed by atoms with E-state index in [0.717, 1.165) is 12.2 Å². The van der Waals surface area contributed by atoms with E-state index in [1.165, 1.54) is 0 Å². The van der Waals surface area contributed by atoms with Gasteiger partial charge < -0.3 is 10.2 Å². The fraction of sp³-hybridized carbons (Fsp3) is 0.0909. The van der Waals surface area contributed by atoms with Gasteiger partial charge in [-0.05, 0) is 11.6 Å². The zero-order valence-electron chi connectivity index (χ0n) is 7.88. The van der Waals surface area contributed by atoms with Gasteiger partial charge in [-0.2, -0.15) is 0 Å². The molecule has 2 N–H and O–H groups in total. The van der Waals surface area contributed by atoms with Gasteiger partial charge in [0.25, 0.3) is 0 Å². The summed E-state index contributed by atoms with van der Waals surface area (Å²) in [5.74, 6) is -1.53. The van der Waals surface area contributed by atoms with Crippen LogP contribution in [0.25, 0.3) is 0 Å². The summed E-state index contributed by atoms with van der Waals surface area (Å²) < 4.78 is 0. The zero-order valence-corrected chi connectivity index (χ0v) is 7.88. The van der Waals surface area contributed by atoms with Gasteiger partial charge >= 0.3 is 5.97 Å². The van der Waals surface area contributed by atoms with E-state index in [2.05, 4.69) is 0 Å². The number of rotatable bonds is 4. The van der Waals surface area contributed by atoms with Gasteiger partial charge in [0.2, 0.25) is 0 Å². The number of carbonyl (C=O) groups excluding carboxylic acids is 1. The Bertz CT molecular complexity index is 390. The molecule has 4 heteroatoms. The van der Waals surface area contributed by atoms with Crippen molar-refractivity contribution in [3.63, 3.8) is 0 Å². The second kappa shape index (κ2) is 5.07. The largest absolute Gasteiger partial charge is 0.478 e. The van der Waals surface area contributed by atoms with E-state index in [1.54, 1.807) is 24.3 Å². The van der Waals surface area contributed by atoms with Crippen molar-refractivity contribution in [1.82, 2.24) is 0 Å². The lowest BCUT2D eigenvalue weighted by Crippen LogP contribution is -1.97. The number of hydrogen-bond donors (Lipinski definition) is 2. The fourth-order valence-corrected chi connectivity index (χ4v) is 1.02. The summed E-state index contributed by atoms with van der Waals surface area (Å²) in [7, 11) is 0. The second-order valence-electron chi connectivity index (χ2n) is 2.89. The van der Waals surface area contributed by atoms with Crippen molar-refractivity contribution in [2.45, 2.75) is 6.61 Å². The average Bonchev–Trinajstić information content (AvgIpc) is 2.26. The normalized spacial score (nSPS) is 10.5. The van der Waals surface area contributed by atoms with Gasteiger partial charge in [-0.25, -0.2) is 4.79 Å². The smallest absolute Gasteiger partial charge is 0.328 e. The van der Waals surface area contributed by atoms with E-state index >= 15 is 0 Å². The summed E-state index contributed by atoms with van der Waals surface area (Å²) >= 11 is 0. The maximum atomic E-state index is 11.3. The lowest BCUT2D eigenvalue weighted by molar-refractivity contribution is -0.131. The minimum Gasteiger partial charge on any atom is -0.478 e. The molecule has 1 aromatic rings. The molecule has 4 nitrogen and oxygen atoms in total. The summed E-state index contributed by atoms with van der Waals surface area (Å²) in [6, 6.07) is 6.31. The van der Waals surface area contributed by atoms with Crippen molar-refractivity contribution in [2.75, 3.05) is 0 Å². The van der Waals surface area contributed by atoms with Crippen LogP contribution in [-0.2, 0) is 11.4 Å². The summed E-state index contributed by atoms with van der Waals surface area (Å²) in [5.41, 5.74) is 1.10. The molecule has 0 aromatic heterocycles. The molecule has 1 rings (SSSR count). The number of aliphatic hydroxyl groups excluding tert-OH is 1. The van der Waals surface area contributed by atoms with Crippen molar-refractivity contribution >= 4 is 11.8 Å². The Hall–Kier alpha value is -1.94. The monoisotopic (exact) mass is 206 g/mol. The summed E-state index contributed by atoms with van der Waals surface area (Å²) in [6.07, 6.45) is 1.79. The highest BCUT2D eigenvalue weighted by molar-refractivity contribution is 6.06. The molecule has 0 amide bonds. The van der Waals surface area contributed by atoms with E-state index in [4.69, 9.17) is 10.2 Å². The van der Waals surface area contributed by atoms with Crippen LogP contribution in [0.4, 0.5) is 0 Å². The number of ketones is 1. The molecule has 1 aromatic carbocycles. The molecule has 15 heavy (non-hydrogen) atoms. The number of carboxylic acids is 1. The molecule has 0 unspecified atom stereocenters. The summed E-state index contributed by atoms with van der Waals surface area (Å²) in [5, 5.41) is 17.1. The van der Waals surface area contributed by atoms with Crippen molar-refractivity contribution in [2.24, 2.45) is 0 Å². The molecule has 0 aliphatic heterocycles. The van der Waals surface area contributed by atoms with Crippen LogP contribution in [0, 0.1) is 0 Å². The second-order valence-corrected chi connectivity index (χ2v) is 2.89. The first-order valence-corrected chi connectivity index (χ1v) is 4.28. The summed E-state index contributed by atoms with van der Waals surface area (Å²) in [6.45, 7) is -0.0839. The van der Waals surface area contributed by atoms with E-state index in [0.29, 0.717) is 11.1 Å². The number of benzene rings is 1. The van der Waals surface area contributed by atoms with Crippen LogP contribution in [0.1, 0.15) is 15.9 Å². The molecule has 0 heterocycles. The minimum absolute atomic E-state index is 0.0839. The Morgan fingerprint density at radius 1 is 1.13 bits per heavy atom. The van der Waals surface area contributed by atoms with Gasteiger partial charge in [0.15, 0.2) is 5.78 Å². The molecule has 0 atom stereocenters. The van der Waals surface area contributed by atoms with Gasteiger partial charge in [-0.15, -0.1) is 0 Å². The van der Waals surface area contributed by atoms with Crippen molar-refractivity contribution < 1.29 is 19.8 Å². The first-order valence-electron chi connectivity index (χ1n) is 4.28. The van der Waals surface area contributed by atoms with Crippen molar-refractivity contribution in [3.05, 3.63) is 47.5 Å². The van der Waals surface area contributed by atoms with Gasteiger partial charge in [0.1, 0.15) is 0 Å². The predicted octanol–water partition coefficient (Wildman–Crippen LogP) is 1.00. The van der Waals surface area contributed by atoms with Crippen molar-refractivity contribution in [1.29, 1.82) is 0 Å². The number of aliphatic hydroxyl groups is 1. The topological polar surface area (TPSA) is 74.6 Å². The molecular formula is C11H10O4. The molecule has 0 spiro atoms. The first-order chi connectivity index (χ1) is 7.13. The molecular weight excluding hydrogens is 196 g/mol. The SMILES string of the molecule is O=C(O)/C=C/C(=O)c1ccc(CO)cc1. The third-order valence-electron chi connectivity index (χ3n) is 1.80. The molecule has 0 bridgehead atoms. The molecule has 0 aliphatic rings. The maximum Gasteiger partial charge on any atom is 0.328 e. The van der Waals surface area contributed by atoms with E-state index in [-0.39, 0.29) is 12.4 Å². The van der Waals surface area contributed by atoms with Gasteiger partial charge in [-0.3, -0.25) is 4.79 Å². The van der Waals surface area contributed by atoms with Crippen LogP contribution in [0.2, 0.25) is 0 Å². The number of aliphatic carboxylic acids is 1. The predicted molar refractivity (Wildman–Crippen MR) is 53.5 cm³/mol. The fourth-order valence-electron chi connectivity index (χ4n) is 1.02. The number of allylic oxidation sites excluding steroid dienone is 1. The zero-order chi connectivity index (χ0) is 11.3. The van der Waals surface area contributed by atoms with Crippen LogP contribution in [0.5, 0.6) is 0 Å². The Balaban J connectivity index is 2.79. The maximum absolute atomic E-state index is 11.3. The third kappa shape index (κ3) is 3.36. The lowest BCUT2D eigenvalue weighted by atomic mass is 10.1. The van der Waals surface area contributed by atoms with Crippen LogP contribution < -0.4 is 0 Å². The summed E-state index contributed by atoms with van der Waals surface area (Å²) in [4.78, 5) is 21.5. The number of carbonyl (C=O) groups is 2. The van der Waals surface area contributed by atoms with Gasteiger partial charge in [-0.1, -0.05) is 24.3 Å². The molecule has 0 saturated carbocycles. The highest BCUT2D eigenvalue weighted by Gasteiger charge is 2.01. The number of carboxylic acid groups (broad SMARTS) is 1. The van der Waals surface area contributed by atoms with Crippen molar-refractivity contribution in [3.8, 4) is 0 Å². The molecule has 0 saturated heterocycles. The lowest BCUT2D eigenvalue weighted by Gasteiger charge is -1.97. The van der Waals surface area contributed by atoms with E-state index < -0.39 is 5.97 Å². The first kappa shape index (κ1) is 11.1. The third-order valence-corrected chi connectivity index (χ3v) is 1.80. The van der Waals surface area contributed by atoms with Crippen LogP contribution in [0.3, 0.4) is 0 Å². The van der Waals surface area contributed by atoms with Gasteiger partial charge in [0, 0.05) is 11.6 Å². The van der Waals surface area contributed by atoms with Crippen LogP contribution in [0.15, 0.2) is 36.4 Å².